The Balaban J connectivity index is 3.26. The second-order valence-corrected chi connectivity index (χ2v) is 4.08. The summed E-state index contributed by atoms with van der Waals surface area (Å²) in [6.45, 7) is 5.51. The van der Waals surface area contributed by atoms with Crippen LogP contribution in [0.1, 0.15) is 24.2 Å². The number of hydrogen-bond donors (Lipinski definition) is 1. The predicted molar refractivity (Wildman–Crippen MR) is 67.0 cm³/mol. The van der Waals surface area contributed by atoms with Gasteiger partial charge < -0.3 is 10.0 Å². The molecule has 88 valence electrons. The van der Waals surface area contributed by atoms with Crippen molar-refractivity contribution in [1.29, 1.82) is 0 Å². The van der Waals surface area contributed by atoms with Gasteiger partial charge in [0.2, 0.25) is 0 Å². The third kappa shape index (κ3) is 2.60. The van der Waals surface area contributed by atoms with Crippen LogP contribution < -0.4 is 4.90 Å². The summed E-state index contributed by atoms with van der Waals surface area (Å²) in [6, 6.07) is 2.84. The summed E-state index contributed by atoms with van der Waals surface area (Å²) in [5.74, 6) is -1.03. The summed E-state index contributed by atoms with van der Waals surface area (Å²) in [5.41, 5.74) is 0.796. The van der Waals surface area contributed by atoms with Crippen molar-refractivity contribution in [3.05, 3.63) is 27.7 Å². The second-order valence-electron chi connectivity index (χ2n) is 3.27. The summed E-state index contributed by atoms with van der Waals surface area (Å²) in [7, 11) is 0. The zero-order valence-corrected chi connectivity index (χ0v) is 10.6. The van der Waals surface area contributed by atoms with E-state index >= 15 is 0 Å². The molecule has 0 spiro atoms. The topological polar surface area (TPSA) is 40.5 Å². The van der Waals surface area contributed by atoms with E-state index in [1.807, 2.05) is 18.7 Å². The van der Waals surface area contributed by atoms with Crippen molar-refractivity contribution < 1.29 is 9.90 Å². The molecule has 1 aromatic rings. The van der Waals surface area contributed by atoms with E-state index in [0.717, 1.165) is 13.1 Å². The molecule has 5 heteroatoms. The van der Waals surface area contributed by atoms with E-state index in [9.17, 15) is 4.79 Å². The van der Waals surface area contributed by atoms with Crippen LogP contribution >= 0.6 is 23.2 Å². The first-order valence-corrected chi connectivity index (χ1v) is 5.74. The number of anilines is 1. The Labute approximate surface area is 105 Å². The summed E-state index contributed by atoms with van der Waals surface area (Å²) >= 11 is 12.1. The fraction of sp³-hybridized carbons (Fsp3) is 0.364. The van der Waals surface area contributed by atoms with Crippen LogP contribution in [-0.4, -0.2) is 24.2 Å². The molecular weight excluding hydrogens is 249 g/mol. The average molecular weight is 262 g/mol. The van der Waals surface area contributed by atoms with Crippen molar-refractivity contribution in [2.24, 2.45) is 0 Å². The molecule has 0 saturated heterocycles. The SMILES string of the molecule is CCN(CC)c1c(Cl)cc(C(=O)O)cc1Cl. The molecule has 1 aromatic carbocycles. The predicted octanol–water partition coefficient (Wildman–Crippen LogP) is 3.54. The monoisotopic (exact) mass is 261 g/mol. The fourth-order valence-corrected chi connectivity index (χ4v) is 2.26. The molecule has 0 fully saturated rings. The molecule has 0 atom stereocenters. The maximum atomic E-state index is 10.8. The molecular formula is C11H13Cl2NO2. The minimum absolute atomic E-state index is 0.103. The molecule has 0 aliphatic rings. The first-order valence-electron chi connectivity index (χ1n) is 4.98. The number of carbonyl (C=O) groups is 1. The minimum atomic E-state index is -1.03. The molecule has 0 aliphatic carbocycles. The Hall–Kier alpha value is -0.930. The molecule has 3 nitrogen and oxygen atoms in total. The zero-order chi connectivity index (χ0) is 12.3. The molecule has 0 unspecified atom stereocenters. The highest BCUT2D eigenvalue weighted by molar-refractivity contribution is 6.39. The molecule has 1 rings (SSSR count). The van der Waals surface area contributed by atoms with Crippen LogP contribution in [0.15, 0.2) is 12.1 Å². The number of carboxylic acid groups (broad SMARTS) is 1. The maximum Gasteiger partial charge on any atom is 0.335 e. The van der Waals surface area contributed by atoms with E-state index in [2.05, 4.69) is 0 Å². The average Bonchev–Trinajstić information content (AvgIpc) is 2.22. The Morgan fingerprint density at radius 2 is 1.69 bits per heavy atom. The van der Waals surface area contributed by atoms with E-state index < -0.39 is 5.97 Å². The van der Waals surface area contributed by atoms with Crippen molar-refractivity contribution in [2.45, 2.75) is 13.8 Å². The number of halogens is 2. The highest BCUT2D eigenvalue weighted by Gasteiger charge is 2.15. The van der Waals surface area contributed by atoms with E-state index in [-0.39, 0.29) is 5.56 Å². The summed E-state index contributed by atoms with van der Waals surface area (Å²) in [5, 5.41) is 9.58. The lowest BCUT2D eigenvalue weighted by Gasteiger charge is -2.23. The van der Waals surface area contributed by atoms with Crippen LogP contribution in [0.3, 0.4) is 0 Å². The Kier molecular flexibility index (Phi) is 4.44. The molecule has 0 aromatic heterocycles. The van der Waals surface area contributed by atoms with Gasteiger partial charge in [0.15, 0.2) is 0 Å². The Morgan fingerprint density at radius 1 is 1.25 bits per heavy atom. The third-order valence-corrected chi connectivity index (χ3v) is 2.92. The van der Waals surface area contributed by atoms with E-state index in [1.165, 1.54) is 12.1 Å². The lowest BCUT2D eigenvalue weighted by atomic mass is 10.2. The Morgan fingerprint density at radius 3 is 2.00 bits per heavy atom. The lowest BCUT2D eigenvalue weighted by molar-refractivity contribution is 0.0697. The summed E-state index contributed by atoms with van der Waals surface area (Å²) in [4.78, 5) is 12.8. The van der Waals surface area contributed by atoms with Gasteiger partial charge in [0.25, 0.3) is 0 Å². The zero-order valence-electron chi connectivity index (χ0n) is 9.13. The highest BCUT2D eigenvalue weighted by atomic mass is 35.5. The van der Waals surface area contributed by atoms with Crippen LogP contribution in [0.4, 0.5) is 5.69 Å². The standard InChI is InChI=1S/C11H13Cl2NO2/c1-3-14(4-2)10-8(12)5-7(11(15)16)6-9(10)13/h5-6H,3-4H2,1-2H3,(H,15,16). The largest absolute Gasteiger partial charge is 0.478 e. The molecule has 0 heterocycles. The van der Waals surface area contributed by atoms with Gasteiger partial charge in [0, 0.05) is 13.1 Å². The van der Waals surface area contributed by atoms with Gasteiger partial charge >= 0.3 is 5.97 Å². The van der Waals surface area contributed by atoms with Gasteiger partial charge in [0.05, 0.1) is 21.3 Å². The van der Waals surface area contributed by atoms with Crippen LogP contribution in [0, 0.1) is 0 Å². The molecule has 0 aliphatic heterocycles. The van der Waals surface area contributed by atoms with Crippen molar-refractivity contribution in [2.75, 3.05) is 18.0 Å². The molecule has 0 radical (unpaired) electrons. The molecule has 0 amide bonds. The van der Waals surface area contributed by atoms with Crippen LogP contribution in [-0.2, 0) is 0 Å². The van der Waals surface area contributed by atoms with Gasteiger partial charge in [0.1, 0.15) is 0 Å². The first kappa shape index (κ1) is 13.1. The quantitative estimate of drug-likeness (QED) is 0.902. The maximum absolute atomic E-state index is 10.8. The number of aromatic carboxylic acids is 1. The third-order valence-electron chi connectivity index (χ3n) is 2.34. The van der Waals surface area contributed by atoms with Gasteiger partial charge in [-0.1, -0.05) is 23.2 Å². The van der Waals surface area contributed by atoms with E-state index in [4.69, 9.17) is 28.3 Å². The molecule has 1 N–H and O–H groups in total. The normalized spacial score (nSPS) is 10.2. The van der Waals surface area contributed by atoms with Crippen molar-refractivity contribution in [1.82, 2.24) is 0 Å². The molecule has 16 heavy (non-hydrogen) atoms. The minimum Gasteiger partial charge on any atom is -0.478 e. The van der Waals surface area contributed by atoms with E-state index in [0.29, 0.717) is 15.7 Å². The summed E-state index contributed by atoms with van der Waals surface area (Å²) < 4.78 is 0. The van der Waals surface area contributed by atoms with Crippen molar-refractivity contribution in [3.63, 3.8) is 0 Å². The first-order chi connectivity index (χ1) is 7.51. The van der Waals surface area contributed by atoms with Gasteiger partial charge in [-0.3, -0.25) is 0 Å². The van der Waals surface area contributed by atoms with Gasteiger partial charge in [-0.05, 0) is 26.0 Å². The fourth-order valence-electron chi connectivity index (χ4n) is 1.53. The van der Waals surface area contributed by atoms with Crippen LogP contribution in [0.25, 0.3) is 0 Å². The van der Waals surface area contributed by atoms with Crippen LogP contribution in [0.2, 0.25) is 10.0 Å². The molecule has 0 saturated carbocycles. The molecule has 0 bridgehead atoms. The number of carboxylic acids is 1. The van der Waals surface area contributed by atoms with Gasteiger partial charge in [-0.2, -0.15) is 0 Å². The second kappa shape index (κ2) is 5.41. The van der Waals surface area contributed by atoms with Crippen molar-refractivity contribution in [3.8, 4) is 0 Å². The van der Waals surface area contributed by atoms with Crippen LogP contribution in [0.5, 0.6) is 0 Å². The number of benzene rings is 1. The number of nitrogens with zero attached hydrogens (tertiary/aromatic N) is 1. The smallest absolute Gasteiger partial charge is 0.335 e. The van der Waals surface area contributed by atoms with Gasteiger partial charge in [-0.25, -0.2) is 4.79 Å². The number of hydrogen-bond acceptors (Lipinski definition) is 2. The highest BCUT2D eigenvalue weighted by Crippen LogP contribution is 2.34. The lowest BCUT2D eigenvalue weighted by Crippen LogP contribution is -2.22. The Bertz CT molecular complexity index is 380. The summed E-state index contributed by atoms with van der Waals surface area (Å²) in [6.07, 6.45) is 0. The number of rotatable bonds is 4. The van der Waals surface area contributed by atoms with E-state index in [1.54, 1.807) is 0 Å². The van der Waals surface area contributed by atoms with Gasteiger partial charge in [-0.15, -0.1) is 0 Å². The van der Waals surface area contributed by atoms with Crippen molar-refractivity contribution >= 4 is 34.9 Å².